The minimum Gasteiger partial charge on any atom is -0.507 e. The zero-order chi connectivity index (χ0) is 21.6. The lowest BCUT2D eigenvalue weighted by Crippen LogP contribution is -2.17. The van der Waals surface area contributed by atoms with E-state index >= 15 is 0 Å². The van der Waals surface area contributed by atoms with Crippen molar-refractivity contribution in [3.8, 4) is 5.75 Å². The van der Waals surface area contributed by atoms with E-state index < -0.39 is 11.8 Å². The molecule has 0 aliphatic carbocycles. The minimum absolute atomic E-state index is 0.0507. The highest BCUT2D eigenvalue weighted by molar-refractivity contribution is 6.13. The van der Waals surface area contributed by atoms with E-state index in [0.717, 1.165) is 16.7 Å². The number of nitrogens with zero attached hydrogens (tertiary/aromatic N) is 1. The van der Waals surface area contributed by atoms with Gasteiger partial charge in [-0.05, 0) is 46.7 Å². The van der Waals surface area contributed by atoms with E-state index in [1.54, 1.807) is 18.2 Å². The third-order valence-electron chi connectivity index (χ3n) is 4.78. The quantitative estimate of drug-likeness (QED) is 0.542. The van der Waals surface area contributed by atoms with Gasteiger partial charge in [-0.2, -0.15) is 0 Å². The van der Waals surface area contributed by atoms with Gasteiger partial charge >= 0.3 is 5.97 Å². The number of esters is 1. The van der Waals surface area contributed by atoms with Gasteiger partial charge in [-0.1, -0.05) is 53.7 Å². The fraction of sp³-hybridized carbons (Fsp3) is 0.333. The number of hydrogen-bond acceptors (Lipinski definition) is 4. The van der Waals surface area contributed by atoms with Gasteiger partial charge < -0.3 is 9.84 Å². The largest absolute Gasteiger partial charge is 0.507 e. The molecule has 0 spiro atoms. The van der Waals surface area contributed by atoms with Gasteiger partial charge in [-0.25, -0.2) is 14.2 Å². The standard InChI is InChI=1S/C24H26FNO3/c1-23(2,3)16-11-14(12-17(20(16)27)24(4,5)6)13-19-22(28)29-21(26-19)15-9-7-8-10-18(15)25/h7-13,27H,1-6H3/b19-13+. The van der Waals surface area contributed by atoms with E-state index in [1.165, 1.54) is 12.1 Å². The second-order valence-electron chi connectivity index (χ2n) is 9.28. The van der Waals surface area contributed by atoms with Crippen molar-refractivity contribution in [1.29, 1.82) is 0 Å². The molecule has 0 aromatic heterocycles. The minimum atomic E-state index is -0.633. The van der Waals surface area contributed by atoms with Crippen molar-refractivity contribution in [2.75, 3.05) is 0 Å². The van der Waals surface area contributed by atoms with Crippen molar-refractivity contribution in [3.05, 3.63) is 70.2 Å². The molecule has 2 aromatic carbocycles. The van der Waals surface area contributed by atoms with Crippen LogP contribution in [0.3, 0.4) is 0 Å². The van der Waals surface area contributed by atoms with Gasteiger partial charge in [0.15, 0.2) is 5.70 Å². The number of aliphatic imine (C=N–C) groups is 1. The first-order chi connectivity index (χ1) is 13.4. The summed E-state index contributed by atoms with van der Waals surface area (Å²) >= 11 is 0. The first-order valence-corrected chi connectivity index (χ1v) is 9.53. The number of aromatic hydroxyl groups is 1. The van der Waals surface area contributed by atoms with Crippen LogP contribution >= 0.6 is 0 Å². The number of phenolic OH excluding ortho intramolecular Hbond substituents is 1. The average Bonchev–Trinajstić information content (AvgIpc) is 2.95. The Bertz CT molecular complexity index is 1000. The van der Waals surface area contributed by atoms with Gasteiger partial charge in [-0.15, -0.1) is 0 Å². The smallest absolute Gasteiger partial charge is 0.363 e. The number of carbonyl (C=O) groups excluding carboxylic acids is 1. The Balaban J connectivity index is 2.12. The van der Waals surface area contributed by atoms with Crippen LogP contribution in [0.1, 0.15) is 63.8 Å². The van der Waals surface area contributed by atoms with Crippen molar-refractivity contribution in [2.45, 2.75) is 52.4 Å². The molecule has 4 nitrogen and oxygen atoms in total. The van der Waals surface area contributed by atoms with Crippen LogP contribution in [0.15, 0.2) is 47.1 Å². The van der Waals surface area contributed by atoms with Crippen LogP contribution in [0.2, 0.25) is 0 Å². The highest BCUT2D eigenvalue weighted by Crippen LogP contribution is 2.40. The molecule has 1 aliphatic rings. The van der Waals surface area contributed by atoms with Gasteiger partial charge in [0.2, 0.25) is 5.90 Å². The predicted molar refractivity (Wildman–Crippen MR) is 113 cm³/mol. The fourth-order valence-corrected chi connectivity index (χ4v) is 3.20. The molecular formula is C24H26FNO3. The zero-order valence-electron chi connectivity index (χ0n) is 17.6. The molecule has 0 radical (unpaired) electrons. The monoisotopic (exact) mass is 395 g/mol. The van der Waals surface area contributed by atoms with Crippen LogP contribution in [0.25, 0.3) is 6.08 Å². The summed E-state index contributed by atoms with van der Waals surface area (Å²) in [5, 5.41) is 10.8. The number of carbonyl (C=O) groups is 1. The number of phenols is 1. The van der Waals surface area contributed by atoms with Crippen molar-refractivity contribution in [3.63, 3.8) is 0 Å². The Morgan fingerprint density at radius 2 is 1.55 bits per heavy atom. The molecule has 0 saturated carbocycles. The van der Waals surface area contributed by atoms with Crippen LogP contribution < -0.4 is 0 Å². The average molecular weight is 395 g/mol. The Morgan fingerprint density at radius 3 is 2.07 bits per heavy atom. The molecule has 1 aliphatic heterocycles. The molecule has 152 valence electrons. The number of cyclic esters (lactones) is 1. The maximum absolute atomic E-state index is 14.0. The van der Waals surface area contributed by atoms with Crippen molar-refractivity contribution in [2.24, 2.45) is 4.99 Å². The summed E-state index contributed by atoms with van der Waals surface area (Å²) in [4.78, 5) is 16.5. The summed E-state index contributed by atoms with van der Waals surface area (Å²) in [5.41, 5.74) is 1.92. The topological polar surface area (TPSA) is 58.9 Å². The highest BCUT2D eigenvalue weighted by Gasteiger charge is 2.28. The summed E-state index contributed by atoms with van der Waals surface area (Å²) in [6.45, 7) is 12.1. The summed E-state index contributed by atoms with van der Waals surface area (Å²) in [5.74, 6) is -0.928. The van der Waals surface area contributed by atoms with Gasteiger partial charge in [0, 0.05) is 11.1 Å². The molecule has 0 unspecified atom stereocenters. The first-order valence-electron chi connectivity index (χ1n) is 9.53. The molecule has 1 N–H and O–H groups in total. The van der Waals surface area contributed by atoms with Crippen LogP contribution in [0, 0.1) is 5.82 Å². The molecule has 0 fully saturated rings. The Kier molecular flexibility index (Phi) is 5.11. The summed E-state index contributed by atoms with van der Waals surface area (Å²) in [7, 11) is 0. The number of hydrogen-bond donors (Lipinski definition) is 1. The van der Waals surface area contributed by atoms with E-state index in [2.05, 4.69) is 4.99 Å². The molecule has 2 aromatic rings. The molecular weight excluding hydrogens is 369 g/mol. The van der Waals surface area contributed by atoms with Crippen molar-refractivity contribution < 1.29 is 19.0 Å². The number of benzene rings is 2. The van der Waals surface area contributed by atoms with Crippen LogP contribution in [-0.4, -0.2) is 17.0 Å². The molecule has 3 rings (SSSR count). The molecule has 0 saturated heterocycles. The third kappa shape index (κ3) is 4.24. The van der Waals surface area contributed by atoms with Crippen LogP contribution in [0.4, 0.5) is 4.39 Å². The van der Waals surface area contributed by atoms with Crippen LogP contribution in [-0.2, 0) is 20.4 Å². The van der Waals surface area contributed by atoms with Crippen molar-refractivity contribution in [1.82, 2.24) is 0 Å². The van der Waals surface area contributed by atoms with Gasteiger partial charge in [0.05, 0.1) is 5.56 Å². The van der Waals surface area contributed by atoms with Crippen molar-refractivity contribution >= 4 is 17.9 Å². The maximum Gasteiger partial charge on any atom is 0.363 e. The Hall–Kier alpha value is -2.95. The maximum atomic E-state index is 14.0. The molecule has 1 heterocycles. The zero-order valence-corrected chi connectivity index (χ0v) is 17.6. The molecule has 0 bridgehead atoms. The number of rotatable bonds is 2. The second-order valence-corrected chi connectivity index (χ2v) is 9.28. The fourth-order valence-electron chi connectivity index (χ4n) is 3.20. The lowest BCUT2D eigenvalue weighted by atomic mass is 9.78. The lowest BCUT2D eigenvalue weighted by Gasteiger charge is -2.27. The van der Waals surface area contributed by atoms with E-state index in [-0.39, 0.29) is 33.7 Å². The van der Waals surface area contributed by atoms with E-state index in [9.17, 15) is 14.3 Å². The second kappa shape index (κ2) is 7.14. The molecule has 5 heteroatoms. The first kappa shape index (κ1) is 20.8. The normalized spacial score (nSPS) is 16.2. The summed E-state index contributed by atoms with van der Waals surface area (Å²) in [6, 6.07) is 9.72. The van der Waals surface area contributed by atoms with E-state index in [4.69, 9.17) is 4.74 Å². The highest BCUT2D eigenvalue weighted by atomic mass is 19.1. The van der Waals surface area contributed by atoms with Crippen LogP contribution in [0.5, 0.6) is 5.75 Å². The molecule has 0 amide bonds. The molecule has 29 heavy (non-hydrogen) atoms. The van der Waals surface area contributed by atoms with E-state index in [0.29, 0.717) is 0 Å². The number of halogens is 1. The van der Waals surface area contributed by atoms with Gasteiger partial charge in [-0.3, -0.25) is 0 Å². The molecule has 0 atom stereocenters. The third-order valence-corrected chi connectivity index (χ3v) is 4.78. The summed E-state index contributed by atoms with van der Waals surface area (Å²) < 4.78 is 19.2. The number of ether oxygens (including phenoxy) is 1. The lowest BCUT2D eigenvalue weighted by molar-refractivity contribution is -0.129. The van der Waals surface area contributed by atoms with Gasteiger partial charge in [0.1, 0.15) is 11.6 Å². The Morgan fingerprint density at radius 1 is 1.00 bits per heavy atom. The Labute approximate surface area is 170 Å². The summed E-state index contributed by atoms with van der Waals surface area (Å²) in [6.07, 6.45) is 1.61. The van der Waals surface area contributed by atoms with Gasteiger partial charge in [0.25, 0.3) is 0 Å². The predicted octanol–water partition coefficient (Wildman–Crippen LogP) is 5.47. The SMILES string of the molecule is CC(C)(C)c1cc(/C=C2/N=C(c3ccccc3F)OC2=O)cc(C(C)(C)C)c1O. The van der Waals surface area contributed by atoms with E-state index in [1.807, 2.05) is 53.7 Å².